The first-order valence-electron chi connectivity index (χ1n) is 7.40. The van der Waals surface area contributed by atoms with Crippen LogP contribution in [-0.2, 0) is 10.1 Å². The van der Waals surface area contributed by atoms with Crippen LogP contribution in [0.2, 0.25) is 5.02 Å². The predicted octanol–water partition coefficient (Wildman–Crippen LogP) is 4.47. The summed E-state index contributed by atoms with van der Waals surface area (Å²) in [5.41, 5.74) is -0.764. The number of rotatable bonds is 4. The van der Waals surface area contributed by atoms with Crippen molar-refractivity contribution < 1.29 is 28.1 Å². The van der Waals surface area contributed by atoms with Gasteiger partial charge in [-0.05, 0) is 18.2 Å². The van der Waals surface area contributed by atoms with E-state index in [9.17, 15) is 33.3 Å². The van der Waals surface area contributed by atoms with Gasteiger partial charge in [0.25, 0.3) is 15.8 Å². The molecule has 0 amide bonds. The van der Waals surface area contributed by atoms with E-state index in [1.165, 1.54) is 30.3 Å². The van der Waals surface area contributed by atoms with Gasteiger partial charge in [0, 0.05) is 10.8 Å². The highest BCUT2D eigenvalue weighted by atomic mass is 35.5. The molecule has 0 atom stereocenters. The zero-order valence-electron chi connectivity index (χ0n) is 13.6. The summed E-state index contributed by atoms with van der Waals surface area (Å²) >= 11 is 5.76. The van der Waals surface area contributed by atoms with Crippen LogP contribution < -0.4 is 0 Å². The molecular weight excluding hydrogens is 414 g/mol. The van der Waals surface area contributed by atoms with Crippen LogP contribution in [0.1, 0.15) is 0 Å². The summed E-state index contributed by atoms with van der Waals surface area (Å²) in [7, 11) is -4.50. The molecule has 0 unspecified atom stereocenters. The number of hydrogen-bond donors (Lipinski definition) is 3. The predicted molar refractivity (Wildman–Crippen MR) is 99.4 cm³/mol. The molecule has 0 aliphatic rings. The lowest BCUT2D eigenvalue weighted by Crippen LogP contribution is -1.98. The van der Waals surface area contributed by atoms with Crippen LogP contribution in [-0.4, -0.2) is 28.1 Å². The number of nitro groups is 1. The van der Waals surface area contributed by atoms with E-state index in [2.05, 4.69) is 10.2 Å². The van der Waals surface area contributed by atoms with Crippen LogP contribution in [0.15, 0.2) is 57.6 Å². The lowest BCUT2D eigenvalue weighted by molar-refractivity contribution is -0.384. The Hall–Kier alpha value is -3.28. The summed E-state index contributed by atoms with van der Waals surface area (Å²) in [6, 6.07) is 8.33. The number of phenols is 2. The Kier molecular flexibility index (Phi) is 4.89. The van der Waals surface area contributed by atoms with Gasteiger partial charge in [0.15, 0.2) is 5.75 Å². The minimum Gasteiger partial charge on any atom is -0.505 e. The van der Waals surface area contributed by atoms with Gasteiger partial charge < -0.3 is 10.2 Å². The van der Waals surface area contributed by atoms with Gasteiger partial charge in [0.05, 0.1) is 11.0 Å². The zero-order valence-corrected chi connectivity index (χ0v) is 15.2. The van der Waals surface area contributed by atoms with Crippen LogP contribution in [0.4, 0.5) is 17.1 Å². The van der Waals surface area contributed by atoms with E-state index in [1.807, 2.05) is 0 Å². The minimum absolute atomic E-state index is 0.0719. The second-order valence-electron chi connectivity index (χ2n) is 5.51. The molecule has 10 nitrogen and oxygen atoms in total. The Morgan fingerprint density at radius 3 is 2.32 bits per heavy atom. The maximum absolute atomic E-state index is 11.4. The highest BCUT2D eigenvalue weighted by Gasteiger charge is 2.18. The van der Waals surface area contributed by atoms with E-state index in [1.54, 1.807) is 0 Å². The number of benzene rings is 3. The van der Waals surface area contributed by atoms with Crippen LogP contribution in [0.5, 0.6) is 11.5 Å². The largest absolute Gasteiger partial charge is 0.505 e. The molecule has 3 N–H and O–H groups in total. The summed E-state index contributed by atoms with van der Waals surface area (Å²) in [5.74, 6) is -0.965. The SMILES string of the molecule is O=[N+]([O-])c1cc(O)c(N=Nc2ccc3c(S(=O)(=O)O)cccc3c2O)cc1Cl. The second-order valence-corrected chi connectivity index (χ2v) is 7.31. The first-order valence-corrected chi connectivity index (χ1v) is 9.22. The van der Waals surface area contributed by atoms with Crippen molar-refractivity contribution in [2.45, 2.75) is 4.90 Å². The highest BCUT2D eigenvalue weighted by molar-refractivity contribution is 7.86. The minimum atomic E-state index is -4.50. The Labute approximate surface area is 162 Å². The lowest BCUT2D eigenvalue weighted by atomic mass is 10.1. The van der Waals surface area contributed by atoms with Crippen molar-refractivity contribution in [3.8, 4) is 11.5 Å². The molecule has 0 radical (unpaired) electrons. The maximum Gasteiger partial charge on any atom is 0.295 e. The normalized spacial score (nSPS) is 11.9. The number of azo groups is 1. The standard InChI is InChI=1S/C16H10ClN3O7S/c17-10-6-12(14(21)7-13(10)20(23)24)19-18-11-5-4-8-9(16(11)22)2-1-3-15(8)28(25,26)27/h1-7,21-22H,(H,25,26,27). The summed E-state index contributed by atoms with van der Waals surface area (Å²) in [4.78, 5) is 9.64. The first-order chi connectivity index (χ1) is 13.1. The van der Waals surface area contributed by atoms with Crippen molar-refractivity contribution >= 4 is 49.6 Å². The lowest BCUT2D eigenvalue weighted by Gasteiger charge is -2.07. The van der Waals surface area contributed by atoms with Crippen LogP contribution in [0.3, 0.4) is 0 Å². The molecular formula is C16H10ClN3O7S. The number of halogens is 1. The van der Waals surface area contributed by atoms with Crippen molar-refractivity contribution in [2.24, 2.45) is 10.2 Å². The van der Waals surface area contributed by atoms with Gasteiger partial charge in [0.1, 0.15) is 27.0 Å². The Morgan fingerprint density at radius 1 is 1.00 bits per heavy atom. The van der Waals surface area contributed by atoms with Gasteiger partial charge in [-0.3, -0.25) is 14.7 Å². The fourth-order valence-corrected chi connectivity index (χ4v) is 3.41. The van der Waals surface area contributed by atoms with Gasteiger partial charge in [0.2, 0.25) is 0 Å². The molecule has 0 bridgehead atoms. The average Bonchev–Trinajstić information content (AvgIpc) is 2.62. The van der Waals surface area contributed by atoms with Crippen molar-refractivity contribution in [1.82, 2.24) is 0 Å². The molecule has 0 spiro atoms. The third-order valence-electron chi connectivity index (χ3n) is 3.76. The molecule has 28 heavy (non-hydrogen) atoms. The third kappa shape index (κ3) is 3.58. The second kappa shape index (κ2) is 7.03. The molecule has 0 saturated heterocycles. The van der Waals surface area contributed by atoms with Crippen molar-refractivity contribution in [2.75, 3.05) is 0 Å². The highest BCUT2D eigenvalue weighted by Crippen LogP contribution is 2.40. The van der Waals surface area contributed by atoms with Gasteiger partial charge in [-0.2, -0.15) is 8.42 Å². The van der Waals surface area contributed by atoms with Gasteiger partial charge >= 0.3 is 0 Å². The van der Waals surface area contributed by atoms with Gasteiger partial charge in [-0.25, -0.2) is 0 Å². The first kappa shape index (κ1) is 19.5. The fraction of sp³-hybridized carbons (Fsp3) is 0. The number of hydrogen-bond acceptors (Lipinski definition) is 8. The van der Waals surface area contributed by atoms with E-state index in [-0.39, 0.29) is 32.1 Å². The molecule has 0 aliphatic carbocycles. The summed E-state index contributed by atoms with van der Waals surface area (Å²) in [5, 5.41) is 38.4. The van der Waals surface area contributed by atoms with Crippen LogP contribution in [0.25, 0.3) is 10.8 Å². The van der Waals surface area contributed by atoms with E-state index in [0.29, 0.717) is 0 Å². The molecule has 3 aromatic carbocycles. The number of phenolic OH excluding ortho intramolecular Hbond substituents is 2. The Balaban J connectivity index is 2.08. The third-order valence-corrected chi connectivity index (χ3v) is 4.97. The topological polar surface area (TPSA) is 163 Å². The van der Waals surface area contributed by atoms with Crippen LogP contribution >= 0.6 is 11.6 Å². The fourth-order valence-electron chi connectivity index (χ4n) is 2.48. The molecule has 0 aromatic heterocycles. The van der Waals surface area contributed by atoms with Gasteiger partial charge in [-0.15, -0.1) is 10.2 Å². The van der Waals surface area contributed by atoms with Crippen molar-refractivity contribution in [3.05, 3.63) is 57.6 Å². The summed E-state index contributed by atoms with van der Waals surface area (Å²) in [6.07, 6.45) is 0. The molecule has 12 heteroatoms. The van der Waals surface area contributed by atoms with E-state index in [0.717, 1.165) is 12.1 Å². The smallest absolute Gasteiger partial charge is 0.295 e. The quantitative estimate of drug-likeness (QED) is 0.241. The van der Waals surface area contributed by atoms with E-state index >= 15 is 0 Å². The molecule has 0 fully saturated rings. The van der Waals surface area contributed by atoms with Crippen molar-refractivity contribution in [3.63, 3.8) is 0 Å². The molecule has 3 aromatic rings. The number of aromatic hydroxyl groups is 2. The molecule has 144 valence electrons. The summed E-state index contributed by atoms with van der Waals surface area (Å²) < 4.78 is 32.2. The molecule has 0 heterocycles. The zero-order chi connectivity index (χ0) is 20.6. The average molecular weight is 424 g/mol. The number of nitrogens with zero attached hydrogens (tertiary/aromatic N) is 3. The van der Waals surface area contributed by atoms with Crippen molar-refractivity contribution in [1.29, 1.82) is 0 Å². The van der Waals surface area contributed by atoms with E-state index < -0.39 is 32.2 Å². The van der Waals surface area contributed by atoms with Crippen LogP contribution in [0, 0.1) is 10.1 Å². The molecule has 3 rings (SSSR count). The van der Waals surface area contributed by atoms with Gasteiger partial charge in [-0.1, -0.05) is 29.8 Å². The molecule has 0 saturated carbocycles. The van der Waals surface area contributed by atoms with E-state index in [4.69, 9.17) is 11.6 Å². The summed E-state index contributed by atoms with van der Waals surface area (Å²) in [6.45, 7) is 0. The Bertz CT molecular complexity index is 1260. The maximum atomic E-state index is 11.4. The number of fused-ring (bicyclic) bond motifs is 1. The monoisotopic (exact) mass is 423 g/mol. The Morgan fingerprint density at radius 2 is 1.68 bits per heavy atom. The number of nitro benzene ring substituents is 1. The molecule has 0 aliphatic heterocycles.